The minimum absolute atomic E-state index is 0. The summed E-state index contributed by atoms with van der Waals surface area (Å²) < 4.78 is 57.9. The quantitative estimate of drug-likeness (QED) is 0.684. The van der Waals surface area contributed by atoms with Gasteiger partial charge in [0.25, 0.3) is 0 Å². The monoisotopic (exact) mass is 347 g/mol. The van der Waals surface area contributed by atoms with Crippen LogP contribution in [-0.4, -0.2) is 19.0 Å². The molecule has 0 amide bonds. The zero-order valence-electron chi connectivity index (χ0n) is 12.8. The highest BCUT2D eigenvalue weighted by Gasteiger charge is 2.59. The number of rotatable bonds is 5. The summed E-state index contributed by atoms with van der Waals surface area (Å²) in [4.78, 5) is 1.66. The van der Waals surface area contributed by atoms with Crippen LogP contribution in [-0.2, 0) is 18.4 Å². The van der Waals surface area contributed by atoms with E-state index in [2.05, 4.69) is 0 Å². The fraction of sp³-hybridized carbons (Fsp3) is 0.294. The second kappa shape index (κ2) is 7.32. The molecule has 6 heteroatoms. The molecule has 2 aromatic rings. The van der Waals surface area contributed by atoms with Crippen molar-refractivity contribution in [2.24, 2.45) is 0 Å². The van der Waals surface area contributed by atoms with Crippen molar-refractivity contribution in [2.45, 2.75) is 18.4 Å². The molecule has 1 nitrogen and oxygen atoms in total. The molecule has 0 bridgehead atoms. The number of nitrogens with zero attached hydrogens (tertiary/aromatic N) is 1. The topological polar surface area (TPSA) is 3.24 Å². The molecule has 23 heavy (non-hydrogen) atoms. The summed E-state index contributed by atoms with van der Waals surface area (Å²) in [6, 6.07) is 11.6. The molecule has 0 aromatic heterocycles. The van der Waals surface area contributed by atoms with E-state index in [9.17, 15) is 17.6 Å². The van der Waals surface area contributed by atoms with Gasteiger partial charge in [0.2, 0.25) is 0 Å². The Hall–Kier alpha value is -1.59. The van der Waals surface area contributed by atoms with Gasteiger partial charge >= 0.3 is 11.8 Å². The number of benzene rings is 2. The molecule has 0 saturated heterocycles. The first kappa shape index (κ1) is 19.5. The third-order valence-electron chi connectivity index (χ3n) is 3.37. The Kier molecular flexibility index (Phi) is 6.19. The van der Waals surface area contributed by atoms with E-state index in [0.29, 0.717) is 0 Å². The number of alkyl halides is 4. The maximum Gasteiger partial charge on any atom is 0.340 e. The molecule has 0 aliphatic heterocycles. The Morgan fingerprint density at radius 1 is 0.783 bits per heavy atom. The predicted octanol–water partition coefficient (Wildman–Crippen LogP) is 5.05. The van der Waals surface area contributed by atoms with Crippen LogP contribution in [0.15, 0.2) is 54.6 Å². The minimum atomic E-state index is -4.29. The van der Waals surface area contributed by atoms with Crippen molar-refractivity contribution < 1.29 is 17.6 Å². The molecule has 0 aliphatic rings. The largest absolute Gasteiger partial charge is 0.340 e. The van der Waals surface area contributed by atoms with Gasteiger partial charge in [-0.2, -0.15) is 17.6 Å². The Labute approximate surface area is 139 Å². The van der Waals surface area contributed by atoms with Gasteiger partial charge in [0.05, 0.1) is 0 Å². The average molecular weight is 348 g/mol. The van der Waals surface area contributed by atoms with E-state index in [0.717, 1.165) is 18.2 Å². The lowest BCUT2D eigenvalue weighted by atomic mass is 9.92. The van der Waals surface area contributed by atoms with Crippen molar-refractivity contribution in [3.05, 3.63) is 71.3 Å². The van der Waals surface area contributed by atoms with Crippen LogP contribution in [0.1, 0.15) is 16.7 Å². The molecule has 0 atom stereocenters. The number of halogens is 5. The van der Waals surface area contributed by atoms with Gasteiger partial charge in [-0.1, -0.05) is 54.6 Å². The van der Waals surface area contributed by atoms with E-state index in [1.165, 1.54) is 30.3 Å². The Morgan fingerprint density at radius 3 is 1.87 bits per heavy atom. The lowest BCUT2D eigenvalue weighted by Crippen LogP contribution is -2.36. The van der Waals surface area contributed by atoms with E-state index in [4.69, 9.17) is 0 Å². The maximum atomic E-state index is 14.6. The van der Waals surface area contributed by atoms with E-state index < -0.39 is 23.0 Å². The van der Waals surface area contributed by atoms with E-state index >= 15 is 0 Å². The van der Waals surface area contributed by atoms with E-state index in [1.807, 2.05) is 0 Å². The Bertz CT molecular complexity index is 630. The molecule has 0 heterocycles. The molecule has 2 aromatic carbocycles. The summed E-state index contributed by atoms with van der Waals surface area (Å²) in [6.07, 6.45) is 0. The molecular formula is C17H18ClF4N. The third kappa shape index (κ3) is 3.85. The van der Waals surface area contributed by atoms with Crippen LogP contribution in [0, 0.1) is 0 Å². The van der Waals surface area contributed by atoms with Crippen molar-refractivity contribution in [3.8, 4) is 0 Å². The smallest absolute Gasteiger partial charge is 0.305 e. The molecule has 0 spiro atoms. The average Bonchev–Trinajstić information content (AvgIpc) is 2.47. The normalized spacial score (nSPS) is 12.1. The van der Waals surface area contributed by atoms with Crippen molar-refractivity contribution >= 4 is 12.4 Å². The summed E-state index contributed by atoms with van der Waals surface area (Å²) in [7, 11) is 3.40. The van der Waals surface area contributed by atoms with E-state index in [1.54, 1.807) is 25.1 Å². The van der Waals surface area contributed by atoms with Gasteiger partial charge in [0.15, 0.2) is 0 Å². The molecule has 0 aliphatic carbocycles. The highest BCUT2D eigenvalue weighted by molar-refractivity contribution is 5.85. The van der Waals surface area contributed by atoms with Crippen LogP contribution in [0.5, 0.6) is 0 Å². The van der Waals surface area contributed by atoms with Gasteiger partial charge in [-0.25, -0.2) is 0 Å². The zero-order valence-corrected chi connectivity index (χ0v) is 13.6. The van der Waals surface area contributed by atoms with Gasteiger partial charge in [-0.05, 0) is 19.7 Å². The van der Waals surface area contributed by atoms with Gasteiger partial charge < -0.3 is 4.90 Å². The molecule has 0 saturated carbocycles. The van der Waals surface area contributed by atoms with Crippen LogP contribution < -0.4 is 0 Å². The van der Waals surface area contributed by atoms with Crippen molar-refractivity contribution in [1.82, 2.24) is 4.90 Å². The number of hydrogen-bond donors (Lipinski definition) is 0. The fourth-order valence-corrected chi connectivity index (χ4v) is 2.30. The van der Waals surface area contributed by atoms with Gasteiger partial charge in [0, 0.05) is 17.7 Å². The van der Waals surface area contributed by atoms with Crippen LogP contribution in [0.3, 0.4) is 0 Å². The summed E-state index contributed by atoms with van der Waals surface area (Å²) in [5.74, 6) is -8.57. The van der Waals surface area contributed by atoms with Crippen molar-refractivity contribution in [3.63, 3.8) is 0 Å². The molecular weight excluding hydrogens is 330 g/mol. The predicted molar refractivity (Wildman–Crippen MR) is 85.3 cm³/mol. The maximum absolute atomic E-state index is 14.6. The third-order valence-corrected chi connectivity index (χ3v) is 3.37. The summed E-state index contributed by atoms with van der Waals surface area (Å²) in [5, 5.41) is 0. The van der Waals surface area contributed by atoms with Crippen LogP contribution >= 0.6 is 12.4 Å². The minimum Gasteiger partial charge on any atom is -0.305 e. The van der Waals surface area contributed by atoms with Crippen LogP contribution in [0.4, 0.5) is 17.6 Å². The SMILES string of the molecule is CN(C)Cc1ccccc1C(F)(F)C(F)(F)c1ccccc1.Cl. The molecule has 0 N–H and O–H groups in total. The van der Waals surface area contributed by atoms with Gasteiger partial charge in [-0.3, -0.25) is 0 Å². The van der Waals surface area contributed by atoms with E-state index in [-0.39, 0.29) is 24.5 Å². The highest BCUT2D eigenvalue weighted by Crippen LogP contribution is 2.50. The highest BCUT2D eigenvalue weighted by atomic mass is 35.5. The van der Waals surface area contributed by atoms with Gasteiger partial charge in [-0.15, -0.1) is 12.4 Å². The molecule has 126 valence electrons. The second-order valence-corrected chi connectivity index (χ2v) is 5.41. The first-order chi connectivity index (χ1) is 10.3. The Morgan fingerprint density at radius 2 is 1.30 bits per heavy atom. The first-order valence-corrected chi connectivity index (χ1v) is 6.81. The van der Waals surface area contributed by atoms with Crippen molar-refractivity contribution in [2.75, 3.05) is 14.1 Å². The molecule has 0 unspecified atom stereocenters. The van der Waals surface area contributed by atoms with Crippen LogP contribution in [0.2, 0.25) is 0 Å². The fourth-order valence-electron chi connectivity index (χ4n) is 2.30. The zero-order chi connectivity index (χ0) is 16.4. The second-order valence-electron chi connectivity index (χ2n) is 5.41. The van der Waals surface area contributed by atoms with Crippen molar-refractivity contribution in [1.29, 1.82) is 0 Å². The molecule has 0 fully saturated rings. The molecule has 2 rings (SSSR count). The van der Waals surface area contributed by atoms with Crippen LogP contribution in [0.25, 0.3) is 0 Å². The first-order valence-electron chi connectivity index (χ1n) is 6.81. The lowest BCUT2D eigenvalue weighted by molar-refractivity contribution is -0.224. The standard InChI is InChI=1S/C17H17F4N.ClH/c1-22(2)12-13-8-6-7-11-15(13)17(20,21)16(18,19)14-9-4-3-5-10-14;/h3-11H,12H2,1-2H3;1H. The molecule has 0 radical (unpaired) electrons. The number of hydrogen-bond acceptors (Lipinski definition) is 1. The lowest BCUT2D eigenvalue weighted by Gasteiger charge is -2.29. The van der Waals surface area contributed by atoms with Gasteiger partial charge in [0.1, 0.15) is 0 Å². The summed E-state index contributed by atoms with van der Waals surface area (Å²) >= 11 is 0. The Balaban J connectivity index is 0.00000264. The summed E-state index contributed by atoms with van der Waals surface area (Å²) in [6.45, 7) is 0.163. The summed E-state index contributed by atoms with van der Waals surface area (Å²) in [5.41, 5.74) is -1.15.